The summed E-state index contributed by atoms with van der Waals surface area (Å²) >= 11 is 6.15. The predicted molar refractivity (Wildman–Crippen MR) is 57.2 cm³/mol. The summed E-state index contributed by atoms with van der Waals surface area (Å²) in [4.78, 5) is 4.06. The molecule has 0 aliphatic carbocycles. The fourth-order valence-corrected chi connectivity index (χ4v) is 2.81. The van der Waals surface area contributed by atoms with Crippen molar-refractivity contribution in [3.63, 3.8) is 0 Å². The lowest BCUT2D eigenvalue weighted by molar-refractivity contribution is 0.273. The van der Waals surface area contributed by atoms with Crippen LogP contribution in [0.25, 0.3) is 0 Å². The Bertz CT molecular complexity index is 257. The Kier molecular flexibility index (Phi) is 2.73. The van der Waals surface area contributed by atoms with Gasteiger partial charge in [-0.2, -0.15) is 12.6 Å². The van der Waals surface area contributed by atoms with Gasteiger partial charge in [0, 0.05) is 30.3 Å². The predicted octanol–water partition coefficient (Wildman–Crippen LogP) is 2.04. The average molecular weight is 199 g/mol. The number of rotatable bonds is 2. The average Bonchev–Trinajstić information content (AvgIpc) is 2.51. The van der Waals surface area contributed by atoms with Gasteiger partial charge in [0.05, 0.1) is 0 Å². The smallest absolute Gasteiger partial charge is 0.0245 e. The van der Waals surface area contributed by atoms with Crippen molar-refractivity contribution in [1.29, 1.82) is 0 Å². The lowest BCUT2D eigenvalue weighted by Crippen LogP contribution is -2.31. The Morgan fingerprint density at radius 1 is 1.58 bits per heavy atom. The van der Waals surface area contributed by atoms with E-state index in [9.17, 15) is 0 Å². The molecule has 0 unspecified atom stereocenters. The molecule has 1 aromatic rings. The maximum absolute atomic E-state index is 4.25. The molecule has 0 fully saturated rings. The van der Waals surface area contributed by atoms with Crippen LogP contribution in [0.15, 0.2) is 11.4 Å². The number of fused-ring (bicyclic) bond motifs is 1. The Morgan fingerprint density at radius 3 is 3.33 bits per heavy atom. The topological polar surface area (TPSA) is 3.24 Å². The van der Waals surface area contributed by atoms with Crippen LogP contribution in [0.1, 0.15) is 10.4 Å². The highest BCUT2D eigenvalue weighted by atomic mass is 32.1. The molecule has 0 atom stereocenters. The van der Waals surface area contributed by atoms with Gasteiger partial charge < -0.3 is 0 Å². The monoisotopic (exact) mass is 199 g/mol. The third-order valence-corrected chi connectivity index (χ3v) is 3.53. The molecule has 1 aliphatic rings. The van der Waals surface area contributed by atoms with E-state index in [4.69, 9.17) is 0 Å². The van der Waals surface area contributed by atoms with Gasteiger partial charge in [0.1, 0.15) is 0 Å². The Morgan fingerprint density at radius 2 is 2.50 bits per heavy atom. The molecule has 0 saturated heterocycles. The van der Waals surface area contributed by atoms with Gasteiger partial charge in [0.15, 0.2) is 0 Å². The van der Waals surface area contributed by atoms with Crippen LogP contribution in [0.4, 0.5) is 0 Å². The number of nitrogens with zero attached hydrogens (tertiary/aromatic N) is 1. The summed E-state index contributed by atoms with van der Waals surface area (Å²) in [6, 6.07) is 2.25. The van der Waals surface area contributed by atoms with E-state index in [1.165, 1.54) is 18.5 Å². The summed E-state index contributed by atoms with van der Waals surface area (Å²) in [5, 5.41) is 2.20. The molecule has 1 aliphatic heterocycles. The maximum atomic E-state index is 4.25. The molecule has 0 spiro atoms. The normalized spacial score (nSPS) is 17.8. The van der Waals surface area contributed by atoms with E-state index in [1.54, 1.807) is 4.88 Å². The quantitative estimate of drug-likeness (QED) is 0.713. The summed E-state index contributed by atoms with van der Waals surface area (Å²) in [6.07, 6.45) is 1.24. The zero-order valence-electron chi connectivity index (χ0n) is 6.99. The minimum Gasteiger partial charge on any atom is -0.298 e. The minimum atomic E-state index is 0.972. The van der Waals surface area contributed by atoms with Gasteiger partial charge in [-0.15, -0.1) is 11.3 Å². The first-order valence-electron chi connectivity index (χ1n) is 4.28. The lowest BCUT2D eigenvalue weighted by atomic mass is 10.1. The highest BCUT2D eigenvalue weighted by molar-refractivity contribution is 7.80. The first kappa shape index (κ1) is 8.60. The van der Waals surface area contributed by atoms with Crippen molar-refractivity contribution in [3.8, 4) is 0 Å². The Balaban J connectivity index is 2.05. The van der Waals surface area contributed by atoms with Crippen molar-refractivity contribution >= 4 is 24.0 Å². The molecule has 2 heterocycles. The standard InChI is InChI=1S/C9H13NS2/c11-5-4-10-3-1-9-8(7-10)2-6-12-9/h2,6,11H,1,3-5,7H2. The van der Waals surface area contributed by atoms with E-state index in [-0.39, 0.29) is 0 Å². The van der Waals surface area contributed by atoms with Gasteiger partial charge in [-0.1, -0.05) is 0 Å². The molecular weight excluding hydrogens is 186 g/mol. The summed E-state index contributed by atoms with van der Waals surface area (Å²) in [5.41, 5.74) is 1.54. The van der Waals surface area contributed by atoms with Crippen LogP contribution in [0.3, 0.4) is 0 Å². The first-order chi connectivity index (χ1) is 5.90. The van der Waals surface area contributed by atoms with Crippen molar-refractivity contribution in [3.05, 3.63) is 21.9 Å². The first-order valence-corrected chi connectivity index (χ1v) is 5.80. The van der Waals surface area contributed by atoms with Crippen LogP contribution >= 0.6 is 24.0 Å². The zero-order chi connectivity index (χ0) is 8.39. The Hall–Kier alpha value is 0.0100. The largest absolute Gasteiger partial charge is 0.298 e. The van der Waals surface area contributed by atoms with E-state index in [0.717, 1.165) is 18.8 Å². The zero-order valence-corrected chi connectivity index (χ0v) is 8.70. The van der Waals surface area contributed by atoms with E-state index < -0.39 is 0 Å². The molecule has 0 amide bonds. The van der Waals surface area contributed by atoms with E-state index in [1.807, 2.05) is 11.3 Å². The van der Waals surface area contributed by atoms with E-state index in [2.05, 4.69) is 29.0 Å². The van der Waals surface area contributed by atoms with Gasteiger partial charge in [0.25, 0.3) is 0 Å². The molecule has 0 aromatic carbocycles. The highest BCUT2D eigenvalue weighted by Crippen LogP contribution is 2.23. The number of thiophene rings is 1. The second kappa shape index (κ2) is 3.81. The molecule has 2 rings (SSSR count). The number of thiol groups is 1. The van der Waals surface area contributed by atoms with E-state index >= 15 is 0 Å². The SMILES string of the molecule is SCCN1CCc2sccc2C1. The molecular formula is C9H13NS2. The van der Waals surface area contributed by atoms with Crippen LogP contribution in [0.2, 0.25) is 0 Å². The lowest BCUT2D eigenvalue weighted by Gasteiger charge is -2.25. The van der Waals surface area contributed by atoms with Gasteiger partial charge in [-0.25, -0.2) is 0 Å². The molecule has 0 bridgehead atoms. The molecule has 0 N–H and O–H groups in total. The third-order valence-electron chi connectivity index (χ3n) is 2.30. The van der Waals surface area contributed by atoms with Crippen molar-refractivity contribution in [2.45, 2.75) is 13.0 Å². The van der Waals surface area contributed by atoms with Crippen molar-refractivity contribution in [2.24, 2.45) is 0 Å². The highest BCUT2D eigenvalue weighted by Gasteiger charge is 2.15. The fraction of sp³-hybridized carbons (Fsp3) is 0.556. The van der Waals surface area contributed by atoms with E-state index in [0.29, 0.717) is 0 Å². The molecule has 3 heteroatoms. The summed E-state index contributed by atoms with van der Waals surface area (Å²) in [6.45, 7) is 3.48. The third kappa shape index (κ3) is 1.68. The van der Waals surface area contributed by atoms with Crippen LogP contribution in [0.5, 0.6) is 0 Å². The van der Waals surface area contributed by atoms with Crippen LogP contribution in [0, 0.1) is 0 Å². The molecule has 1 aromatic heterocycles. The van der Waals surface area contributed by atoms with Crippen molar-refractivity contribution in [1.82, 2.24) is 4.90 Å². The van der Waals surface area contributed by atoms with Crippen molar-refractivity contribution in [2.75, 3.05) is 18.8 Å². The number of hydrogen-bond acceptors (Lipinski definition) is 3. The molecule has 0 saturated carbocycles. The Labute approximate surface area is 82.8 Å². The molecule has 66 valence electrons. The van der Waals surface area contributed by atoms with Crippen molar-refractivity contribution < 1.29 is 0 Å². The van der Waals surface area contributed by atoms with Gasteiger partial charge in [-0.05, 0) is 23.4 Å². The van der Waals surface area contributed by atoms with Crippen LogP contribution in [-0.2, 0) is 13.0 Å². The fourth-order valence-electron chi connectivity index (χ4n) is 1.64. The van der Waals surface area contributed by atoms with Gasteiger partial charge >= 0.3 is 0 Å². The second-order valence-corrected chi connectivity index (χ2v) is 4.57. The second-order valence-electron chi connectivity index (χ2n) is 3.12. The maximum Gasteiger partial charge on any atom is 0.0245 e. The summed E-state index contributed by atoms with van der Waals surface area (Å²) in [7, 11) is 0. The van der Waals surface area contributed by atoms with Gasteiger partial charge in [-0.3, -0.25) is 4.90 Å². The molecule has 0 radical (unpaired) electrons. The number of hydrogen-bond donors (Lipinski definition) is 1. The summed E-state index contributed by atoms with van der Waals surface area (Å²) < 4.78 is 0. The minimum absolute atomic E-state index is 0.972. The summed E-state index contributed by atoms with van der Waals surface area (Å²) in [5.74, 6) is 0.972. The molecule has 12 heavy (non-hydrogen) atoms. The van der Waals surface area contributed by atoms with Gasteiger partial charge in [0.2, 0.25) is 0 Å². The van der Waals surface area contributed by atoms with Crippen LogP contribution in [-0.4, -0.2) is 23.7 Å². The molecule has 1 nitrogen and oxygen atoms in total. The van der Waals surface area contributed by atoms with Crippen LogP contribution < -0.4 is 0 Å².